The third-order valence-electron chi connectivity index (χ3n) is 3.90. The lowest BCUT2D eigenvalue weighted by atomic mass is 10.2. The molecule has 1 aromatic heterocycles. The molecule has 1 aromatic carbocycles. The Morgan fingerprint density at radius 1 is 1.11 bits per heavy atom. The molecule has 0 radical (unpaired) electrons. The molecule has 0 aliphatic carbocycles. The summed E-state index contributed by atoms with van der Waals surface area (Å²) in [5.41, 5.74) is 1.50. The average molecular weight is 417 g/mol. The van der Waals surface area contributed by atoms with Gasteiger partial charge in [-0.1, -0.05) is 36.1 Å². The van der Waals surface area contributed by atoms with Gasteiger partial charge < -0.3 is 20.3 Å². The molecule has 2 heterocycles. The van der Waals surface area contributed by atoms with E-state index in [1.54, 1.807) is 48.7 Å². The Morgan fingerprint density at radius 2 is 1.86 bits per heavy atom. The first-order chi connectivity index (χ1) is 13.6. The molecule has 1 aliphatic heterocycles. The van der Waals surface area contributed by atoms with Crippen LogP contribution in [0.1, 0.15) is 10.5 Å². The Labute approximate surface area is 172 Å². The van der Waals surface area contributed by atoms with Gasteiger partial charge in [-0.3, -0.25) is 14.6 Å². The highest BCUT2D eigenvalue weighted by Crippen LogP contribution is 2.17. The van der Waals surface area contributed by atoms with Crippen LogP contribution in [0.4, 0.5) is 11.4 Å². The second-order valence-corrected chi connectivity index (χ2v) is 7.56. The van der Waals surface area contributed by atoms with Crippen LogP contribution < -0.4 is 10.6 Å². The molecule has 1 saturated heterocycles. The zero-order chi connectivity index (χ0) is 19.8. The maximum Gasteiger partial charge on any atom is 0.274 e. The number of hydrogen-bond donors (Lipinski definition) is 2. The van der Waals surface area contributed by atoms with Gasteiger partial charge in [-0.15, -0.1) is 0 Å². The van der Waals surface area contributed by atoms with Gasteiger partial charge in [0.15, 0.2) is 0 Å². The van der Waals surface area contributed by atoms with Crippen LogP contribution in [-0.4, -0.2) is 58.1 Å². The van der Waals surface area contributed by atoms with Crippen LogP contribution in [0.2, 0.25) is 0 Å². The quantitative estimate of drug-likeness (QED) is 0.725. The van der Waals surface area contributed by atoms with Crippen molar-refractivity contribution in [3.05, 3.63) is 54.4 Å². The van der Waals surface area contributed by atoms with Crippen molar-refractivity contribution in [2.45, 2.75) is 0 Å². The van der Waals surface area contributed by atoms with Crippen LogP contribution in [-0.2, 0) is 9.53 Å². The van der Waals surface area contributed by atoms with Crippen LogP contribution in [0, 0.1) is 0 Å². The van der Waals surface area contributed by atoms with Gasteiger partial charge in [0.05, 0.1) is 19.0 Å². The van der Waals surface area contributed by atoms with Crippen LogP contribution in [0.25, 0.3) is 0 Å². The predicted octanol–water partition coefficient (Wildman–Crippen LogP) is 2.62. The molecule has 0 spiro atoms. The predicted molar refractivity (Wildman–Crippen MR) is 115 cm³/mol. The maximum absolute atomic E-state index is 12.2. The Morgan fingerprint density at radius 3 is 2.57 bits per heavy atom. The lowest BCUT2D eigenvalue weighted by molar-refractivity contribution is -0.113. The van der Waals surface area contributed by atoms with Crippen molar-refractivity contribution in [3.8, 4) is 0 Å². The van der Waals surface area contributed by atoms with Crippen molar-refractivity contribution in [2.75, 3.05) is 42.7 Å². The molecular formula is C19H20N4O3S2. The molecule has 9 heteroatoms. The normalized spacial score (nSPS) is 13.6. The minimum Gasteiger partial charge on any atom is -0.378 e. The number of nitrogens with one attached hydrogen (secondary N) is 2. The summed E-state index contributed by atoms with van der Waals surface area (Å²) in [6.07, 6.45) is 1.56. The molecule has 0 saturated carbocycles. The summed E-state index contributed by atoms with van der Waals surface area (Å²) in [6.45, 7) is 2.82. The molecule has 1 fully saturated rings. The third kappa shape index (κ3) is 6.01. The smallest absolute Gasteiger partial charge is 0.274 e. The second-order valence-electron chi connectivity index (χ2n) is 5.95. The van der Waals surface area contributed by atoms with E-state index in [1.165, 1.54) is 11.8 Å². The van der Waals surface area contributed by atoms with Gasteiger partial charge >= 0.3 is 0 Å². The fourth-order valence-electron chi connectivity index (χ4n) is 2.53. The monoisotopic (exact) mass is 416 g/mol. The second kappa shape index (κ2) is 10.2. The van der Waals surface area contributed by atoms with Crippen molar-refractivity contribution >= 4 is 51.5 Å². The fourth-order valence-corrected chi connectivity index (χ4v) is 3.58. The van der Waals surface area contributed by atoms with Gasteiger partial charge in [-0.2, -0.15) is 0 Å². The van der Waals surface area contributed by atoms with Gasteiger partial charge in [0.25, 0.3) is 5.91 Å². The SMILES string of the molecule is O=C(CSC(=S)N1CCOCC1)Nc1cccc(NC(=O)c2ccccn2)c1. The summed E-state index contributed by atoms with van der Waals surface area (Å²) < 4.78 is 6.00. The molecular weight excluding hydrogens is 396 g/mol. The number of morpholine rings is 1. The van der Waals surface area contributed by atoms with Gasteiger partial charge in [0, 0.05) is 30.7 Å². The van der Waals surface area contributed by atoms with E-state index < -0.39 is 0 Å². The van der Waals surface area contributed by atoms with Crippen molar-refractivity contribution in [3.63, 3.8) is 0 Å². The molecule has 146 valence electrons. The summed E-state index contributed by atoms with van der Waals surface area (Å²) in [4.78, 5) is 30.5. The summed E-state index contributed by atoms with van der Waals surface area (Å²) >= 11 is 6.71. The Hall–Kier alpha value is -2.49. The van der Waals surface area contributed by atoms with Crippen molar-refractivity contribution in [2.24, 2.45) is 0 Å². The summed E-state index contributed by atoms with van der Waals surface area (Å²) in [5.74, 6) is -0.245. The van der Waals surface area contributed by atoms with Gasteiger partial charge in [0.2, 0.25) is 5.91 Å². The number of hydrogen-bond acceptors (Lipinski definition) is 6. The molecule has 7 nitrogen and oxygen atoms in total. The highest BCUT2D eigenvalue weighted by molar-refractivity contribution is 8.23. The maximum atomic E-state index is 12.2. The number of rotatable bonds is 5. The number of carbonyl (C=O) groups excluding carboxylic acids is 2. The first-order valence-electron chi connectivity index (χ1n) is 8.73. The first kappa shape index (κ1) is 20.2. The van der Waals surface area contributed by atoms with Crippen LogP contribution in [0.15, 0.2) is 48.7 Å². The summed E-state index contributed by atoms with van der Waals surface area (Å²) in [7, 11) is 0. The number of thioether (sulfide) groups is 1. The van der Waals surface area contributed by atoms with E-state index in [9.17, 15) is 9.59 Å². The van der Waals surface area contributed by atoms with Gasteiger partial charge in [-0.05, 0) is 30.3 Å². The van der Waals surface area contributed by atoms with E-state index in [2.05, 4.69) is 15.6 Å². The summed E-state index contributed by atoms with van der Waals surface area (Å²) in [6, 6.07) is 12.1. The molecule has 3 rings (SSSR count). The minimum absolute atomic E-state index is 0.159. The number of nitrogens with zero attached hydrogens (tertiary/aromatic N) is 2. The van der Waals surface area contributed by atoms with Crippen molar-refractivity contribution in [1.82, 2.24) is 9.88 Å². The largest absolute Gasteiger partial charge is 0.378 e. The zero-order valence-electron chi connectivity index (χ0n) is 15.1. The van der Waals surface area contributed by atoms with Gasteiger partial charge in [-0.25, -0.2) is 0 Å². The molecule has 0 bridgehead atoms. The Balaban J connectivity index is 1.50. The standard InChI is InChI=1S/C19H20N4O3S2/c24-17(13-28-19(27)23-8-10-26-11-9-23)21-14-4-3-5-15(12-14)22-18(25)16-6-1-2-7-20-16/h1-7,12H,8-11,13H2,(H,21,24)(H,22,25). The van der Waals surface area contributed by atoms with E-state index >= 15 is 0 Å². The number of carbonyl (C=O) groups is 2. The fraction of sp³-hybridized carbons (Fsp3) is 0.263. The number of anilines is 2. The van der Waals surface area contributed by atoms with Crippen LogP contribution in [0.5, 0.6) is 0 Å². The number of amides is 2. The van der Waals surface area contributed by atoms with Crippen LogP contribution in [0.3, 0.4) is 0 Å². The molecule has 2 N–H and O–H groups in total. The lowest BCUT2D eigenvalue weighted by Gasteiger charge is -2.28. The van der Waals surface area contributed by atoms with Crippen molar-refractivity contribution in [1.29, 1.82) is 0 Å². The van der Waals surface area contributed by atoms with Crippen molar-refractivity contribution < 1.29 is 14.3 Å². The van der Waals surface area contributed by atoms with E-state index in [1.807, 2.05) is 4.90 Å². The number of thiocarbonyl (C=S) groups is 1. The summed E-state index contributed by atoms with van der Waals surface area (Å²) in [5, 5.41) is 5.59. The number of aromatic nitrogens is 1. The number of pyridine rings is 1. The molecule has 0 atom stereocenters. The van der Waals surface area contributed by atoms with Crippen LogP contribution >= 0.6 is 24.0 Å². The highest BCUT2D eigenvalue weighted by Gasteiger charge is 2.15. The molecule has 0 unspecified atom stereocenters. The average Bonchev–Trinajstić information content (AvgIpc) is 2.73. The molecule has 28 heavy (non-hydrogen) atoms. The molecule has 2 amide bonds. The highest BCUT2D eigenvalue weighted by atomic mass is 32.2. The van der Waals surface area contributed by atoms with E-state index in [-0.39, 0.29) is 17.6 Å². The Kier molecular flexibility index (Phi) is 7.35. The minimum atomic E-state index is -0.310. The van der Waals surface area contributed by atoms with E-state index in [4.69, 9.17) is 17.0 Å². The third-order valence-corrected chi connectivity index (χ3v) is 5.42. The molecule has 1 aliphatic rings. The number of ether oxygens (including phenoxy) is 1. The lowest BCUT2D eigenvalue weighted by Crippen LogP contribution is -2.39. The zero-order valence-corrected chi connectivity index (χ0v) is 16.7. The van der Waals surface area contributed by atoms with E-state index in [0.717, 1.165) is 13.1 Å². The first-order valence-corrected chi connectivity index (χ1v) is 10.1. The number of benzene rings is 1. The van der Waals surface area contributed by atoms with E-state index in [0.29, 0.717) is 34.6 Å². The topological polar surface area (TPSA) is 83.6 Å². The Bertz CT molecular complexity index is 842. The van der Waals surface area contributed by atoms with Gasteiger partial charge in [0.1, 0.15) is 10.0 Å². The molecule has 2 aromatic rings.